The fourth-order valence-corrected chi connectivity index (χ4v) is 9.10. The highest BCUT2D eigenvalue weighted by Gasteiger charge is 2.39. The summed E-state index contributed by atoms with van der Waals surface area (Å²) in [6.07, 6.45) is -3.15. The topological polar surface area (TPSA) is 259 Å². The Labute approximate surface area is 386 Å². The summed E-state index contributed by atoms with van der Waals surface area (Å²) in [4.78, 5) is 59.9. The summed E-state index contributed by atoms with van der Waals surface area (Å²) in [5.41, 5.74) is -0.648. The molecule has 2 amide bonds. The summed E-state index contributed by atoms with van der Waals surface area (Å²) in [7, 11) is -8.08. The van der Waals surface area contributed by atoms with Gasteiger partial charge in [0.1, 0.15) is 29.5 Å². The van der Waals surface area contributed by atoms with Crippen molar-refractivity contribution in [3.8, 4) is 12.1 Å². The summed E-state index contributed by atoms with van der Waals surface area (Å²) >= 11 is 5.93. The van der Waals surface area contributed by atoms with Crippen LogP contribution >= 0.6 is 11.6 Å². The predicted molar refractivity (Wildman–Crippen MR) is 230 cm³/mol. The number of halogens is 5. The fraction of sp³-hybridized carbons (Fsp3) is 0.333. The van der Waals surface area contributed by atoms with E-state index in [1.54, 1.807) is 48.2 Å². The Hall–Kier alpha value is -6.89. The molecule has 2 fully saturated rings. The second-order valence-corrected chi connectivity index (χ2v) is 18.3. The van der Waals surface area contributed by atoms with Gasteiger partial charge in [0, 0.05) is 26.2 Å². The van der Waals surface area contributed by atoms with Crippen molar-refractivity contribution in [3.63, 3.8) is 0 Å². The molecule has 18 nitrogen and oxygen atoms in total. The smallest absolute Gasteiger partial charge is 0.340 e. The van der Waals surface area contributed by atoms with Crippen molar-refractivity contribution in [2.45, 2.75) is 37.7 Å². The zero-order valence-corrected chi connectivity index (χ0v) is 37.7. The molecular formula is C42H39ClF4N8O10S2. The van der Waals surface area contributed by atoms with Crippen LogP contribution in [0.25, 0.3) is 0 Å². The van der Waals surface area contributed by atoms with E-state index in [0.29, 0.717) is 11.6 Å². The third kappa shape index (κ3) is 12.9. The first-order valence-corrected chi connectivity index (χ1v) is 23.7. The second kappa shape index (κ2) is 22.1. The van der Waals surface area contributed by atoms with Crippen LogP contribution in [0.4, 0.5) is 29.2 Å². The number of alkyl halides is 3. The minimum atomic E-state index is -4.24. The fourth-order valence-electron chi connectivity index (χ4n) is 6.55. The number of hydrogen-bond acceptors (Lipinski definition) is 16. The normalized spacial score (nSPS) is 13.8. The Balaban J connectivity index is 0.000000252. The van der Waals surface area contributed by atoms with E-state index in [9.17, 15) is 64.1 Å². The van der Waals surface area contributed by atoms with Crippen LogP contribution in [0.5, 0.6) is 0 Å². The van der Waals surface area contributed by atoms with Crippen LogP contribution in [0.2, 0.25) is 0 Å². The molecule has 2 aromatic carbocycles. The van der Waals surface area contributed by atoms with Gasteiger partial charge in [0.15, 0.2) is 11.6 Å². The zero-order valence-electron chi connectivity index (χ0n) is 35.3. The average Bonchev–Trinajstić information content (AvgIpc) is 3.23. The number of sulfonamides is 2. The lowest BCUT2D eigenvalue weighted by atomic mass is 9.98. The maximum atomic E-state index is 13.5. The minimum Gasteiger partial charge on any atom is -0.462 e. The maximum Gasteiger partial charge on any atom is 0.340 e. The summed E-state index contributed by atoms with van der Waals surface area (Å²) in [5.74, 6) is -8.12. The van der Waals surface area contributed by atoms with Crippen LogP contribution in [-0.4, -0.2) is 89.9 Å². The Bertz CT molecular complexity index is 2860. The van der Waals surface area contributed by atoms with Gasteiger partial charge in [0.05, 0.1) is 70.4 Å². The quantitative estimate of drug-likeness (QED) is 0.0897. The van der Waals surface area contributed by atoms with Crippen molar-refractivity contribution in [3.05, 3.63) is 117 Å². The minimum absolute atomic E-state index is 0.0671. The van der Waals surface area contributed by atoms with E-state index in [2.05, 4.69) is 14.7 Å². The lowest BCUT2D eigenvalue weighted by molar-refractivity contribution is -0.124. The summed E-state index contributed by atoms with van der Waals surface area (Å²) in [6, 6.07) is 17.1. The number of benzene rings is 2. The molecule has 2 N–H and O–H groups in total. The molecule has 4 heterocycles. The van der Waals surface area contributed by atoms with Gasteiger partial charge in [-0.2, -0.15) is 10.5 Å². The molecule has 2 aliphatic heterocycles. The standard InChI is InChI=1S/C21H21ClN4O5S.C21H18F4N4O5S/c1-2-31-21(28)17-8-15(10-23)19(24-18(17)9-22)26-11-16(12-26)20(27)25-32(29,30)13-14-6-4-3-5-7-14;1-2-34-21(31)14-6-12(7-26)19(27-17(14)18(24)25)29-8-13(9-29)20(30)28-35(32,33)10-11-3-4-15(22)16(23)5-11/h3-8,16H,2,9,11-13H2,1H3,(H,25,27);3-6,13,18H,2,8-10H2,1H3,(H,28,30). The van der Waals surface area contributed by atoms with Crippen molar-refractivity contribution >= 4 is 67.0 Å². The molecule has 0 aliphatic carbocycles. The molecule has 6 rings (SSSR count). The number of pyridine rings is 2. The number of nitrogens with one attached hydrogen (secondary N) is 2. The molecule has 0 atom stereocenters. The van der Waals surface area contributed by atoms with Crippen molar-refractivity contribution in [1.29, 1.82) is 10.5 Å². The molecule has 0 spiro atoms. The van der Waals surface area contributed by atoms with Crippen molar-refractivity contribution in [1.82, 2.24) is 19.4 Å². The van der Waals surface area contributed by atoms with Crippen molar-refractivity contribution in [2.24, 2.45) is 11.8 Å². The maximum absolute atomic E-state index is 13.5. The summed E-state index contributed by atoms with van der Waals surface area (Å²) in [6.45, 7) is 3.30. The largest absolute Gasteiger partial charge is 0.462 e. The number of carbonyl (C=O) groups is 4. The van der Waals surface area contributed by atoms with Gasteiger partial charge in [-0.1, -0.05) is 36.4 Å². The number of rotatable bonds is 16. The first-order valence-electron chi connectivity index (χ1n) is 19.9. The van der Waals surface area contributed by atoms with E-state index in [1.807, 2.05) is 10.8 Å². The number of hydrogen-bond donors (Lipinski definition) is 2. The van der Waals surface area contributed by atoms with E-state index < -0.39 is 90.7 Å². The lowest BCUT2D eigenvalue weighted by Crippen LogP contribution is -2.55. The van der Waals surface area contributed by atoms with Crippen LogP contribution in [0.1, 0.15) is 74.6 Å². The Morgan fingerprint density at radius 1 is 0.731 bits per heavy atom. The SMILES string of the molecule is CCOC(=O)c1cc(C#N)c(N2CC(C(=O)NS(=O)(=O)Cc3ccc(F)c(F)c3)C2)nc1C(F)F.CCOC(=O)c1cc(C#N)c(N2CC(C(=O)NS(=O)(=O)Cc3ccccc3)C2)nc1CCl. The number of ether oxygens (including phenoxy) is 2. The third-order valence-electron chi connectivity index (χ3n) is 9.83. The van der Waals surface area contributed by atoms with Crippen LogP contribution in [-0.2, 0) is 56.5 Å². The van der Waals surface area contributed by atoms with E-state index in [1.165, 1.54) is 17.9 Å². The molecular weight excluding hydrogens is 952 g/mol. The van der Waals surface area contributed by atoms with Gasteiger partial charge < -0.3 is 19.3 Å². The van der Waals surface area contributed by atoms with Gasteiger partial charge >= 0.3 is 11.9 Å². The van der Waals surface area contributed by atoms with Crippen LogP contribution in [0.3, 0.4) is 0 Å². The van der Waals surface area contributed by atoms with E-state index in [-0.39, 0.29) is 90.6 Å². The van der Waals surface area contributed by atoms with Gasteiger partial charge in [0.25, 0.3) is 6.43 Å². The van der Waals surface area contributed by atoms with Gasteiger partial charge in [-0.25, -0.2) is 54.0 Å². The van der Waals surface area contributed by atoms with Crippen molar-refractivity contribution in [2.75, 3.05) is 49.2 Å². The van der Waals surface area contributed by atoms with Gasteiger partial charge in [0.2, 0.25) is 31.9 Å². The van der Waals surface area contributed by atoms with Crippen LogP contribution in [0.15, 0.2) is 60.7 Å². The monoisotopic (exact) mass is 990 g/mol. The molecule has 67 heavy (non-hydrogen) atoms. The Kier molecular flexibility index (Phi) is 16.8. The second-order valence-electron chi connectivity index (χ2n) is 14.6. The first-order chi connectivity index (χ1) is 31.7. The van der Waals surface area contributed by atoms with Crippen LogP contribution in [0, 0.1) is 46.1 Å². The number of carbonyl (C=O) groups excluding carboxylic acids is 4. The van der Waals surface area contributed by atoms with E-state index in [4.69, 9.17) is 21.1 Å². The van der Waals surface area contributed by atoms with Gasteiger partial charge in [-0.3, -0.25) is 19.0 Å². The number of anilines is 2. The molecule has 0 saturated carbocycles. The number of aromatic nitrogens is 2. The van der Waals surface area contributed by atoms with E-state index >= 15 is 0 Å². The van der Waals surface area contributed by atoms with Gasteiger partial charge in [-0.15, -0.1) is 11.6 Å². The molecule has 0 radical (unpaired) electrons. The molecule has 2 saturated heterocycles. The molecule has 0 bridgehead atoms. The van der Waals surface area contributed by atoms with E-state index in [0.717, 1.165) is 18.2 Å². The molecule has 0 unspecified atom stereocenters. The average molecular weight is 991 g/mol. The highest BCUT2D eigenvalue weighted by atomic mass is 35.5. The molecule has 2 aliphatic rings. The summed E-state index contributed by atoms with van der Waals surface area (Å²) in [5, 5.41) is 18.9. The summed E-state index contributed by atoms with van der Waals surface area (Å²) < 4.78 is 116. The number of amides is 2. The van der Waals surface area contributed by atoms with Crippen LogP contribution < -0.4 is 19.2 Å². The Morgan fingerprint density at radius 2 is 1.21 bits per heavy atom. The first kappa shape index (κ1) is 51.1. The van der Waals surface area contributed by atoms with Gasteiger partial charge in [-0.05, 0) is 49.2 Å². The molecule has 4 aromatic rings. The predicted octanol–water partition coefficient (Wildman–Crippen LogP) is 4.38. The number of nitrogens with zero attached hydrogens (tertiary/aromatic N) is 6. The zero-order chi connectivity index (χ0) is 49.2. The van der Waals surface area contributed by atoms with Crippen molar-refractivity contribution < 1.29 is 63.0 Å². The molecule has 25 heteroatoms. The highest BCUT2D eigenvalue weighted by Crippen LogP contribution is 2.32. The highest BCUT2D eigenvalue weighted by molar-refractivity contribution is 7.89. The Morgan fingerprint density at radius 3 is 1.67 bits per heavy atom. The lowest BCUT2D eigenvalue weighted by Gasteiger charge is -2.39. The number of esters is 2. The third-order valence-corrected chi connectivity index (χ3v) is 12.5. The molecule has 354 valence electrons. The number of nitriles is 2. The molecule has 2 aromatic heterocycles.